The van der Waals surface area contributed by atoms with Gasteiger partial charge in [-0.25, -0.2) is 0 Å². The molecule has 0 bridgehead atoms. The van der Waals surface area contributed by atoms with Crippen molar-refractivity contribution in [1.29, 1.82) is 0 Å². The number of nitrogens with one attached hydrogen (secondary N) is 1. The molecule has 0 radical (unpaired) electrons. The highest BCUT2D eigenvalue weighted by molar-refractivity contribution is 5.97. The van der Waals surface area contributed by atoms with Crippen LogP contribution in [0.25, 0.3) is 0 Å². The lowest BCUT2D eigenvalue weighted by Gasteiger charge is -2.34. The van der Waals surface area contributed by atoms with Crippen molar-refractivity contribution in [1.82, 2.24) is 19.7 Å². The van der Waals surface area contributed by atoms with Crippen molar-refractivity contribution >= 4 is 34.9 Å². The van der Waals surface area contributed by atoms with Crippen LogP contribution in [0.4, 0.5) is 29.0 Å². The fraction of sp³-hybridized carbons (Fsp3) is 0.318. The van der Waals surface area contributed by atoms with Crippen LogP contribution in [0.15, 0.2) is 48.5 Å². The van der Waals surface area contributed by atoms with Gasteiger partial charge in [-0.1, -0.05) is 6.07 Å². The lowest BCUT2D eigenvalue weighted by molar-refractivity contribution is 0.0948. The number of carbonyl (C=O) groups is 1. The molecular weight excluding hydrogens is 392 g/mol. The molecule has 9 heteroatoms. The molecule has 3 aromatic rings. The van der Waals surface area contributed by atoms with Gasteiger partial charge in [-0.15, -0.1) is 5.10 Å². The minimum Gasteiger partial charge on any atom is -0.378 e. The third-order valence-electron chi connectivity index (χ3n) is 5.43. The van der Waals surface area contributed by atoms with E-state index in [1.807, 2.05) is 43.3 Å². The highest BCUT2D eigenvalue weighted by Crippen LogP contribution is 2.22. The van der Waals surface area contributed by atoms with E-state index in [-0.39, 0.29) is 17.8 Å². The maximum absolute atomic E-state index is 12.9. The van der Waals surface area contributed by atoms with Gasteiger partial charge in [-0.05, 0) is 49.5 Å². The number of aromatic nitrogens is 3. The zero-order chi connectivity index (χ0) is 22.0. The van der Waals surface area contributed by atoms with E-state index in [1.54, 1.807) is 12.1 Å². The molecule has 1 saturated heterocycles. The van der Waals surface area contributed by atoms with Gasteiger partial charge in [-0.3, -0.25) is 4.79 Å². The highest BCUT2D eigenvalue weighted by Gasteiger charge is 2.17. The molecular formula is C22H28N8O. The molecule has 2 aromatic carbocycles. The van der Waals surface area contributed by atoms with E-state index in [0.717, 1.165) is 42.2 Å². The summed E-state index contributed by atoms with van der Waals surface area (Å²) >= 11 is 0. The van der Waals surface area contributed by atoms with Crippen LogP contribution in [0.2, 0.25) is 0 Å². The summed E-state index contributed by atoms with van der Waals surface area (Å²) in [5.41, 5.74) is 9.40. The summed E-state index contributed by atoms with van der Waals surface area (Å²) in [5, 5.41) is 7.39. The number of piperazine rings is 1. The average molecular weight is 421 g/mol. The molecule has 31 heavy (non-hydrogen) atoms. The predicted octanol–water partition coefficient (Wildman–Crippen LogP) is 2.11. The number of nitrogens with zero attached hydrogens (tertiary/aromatic N) is 6. The van der Waals surface area contributed by atoms with E-state index in [9.17, 15) is 4.79 Å². The normalized spacial score (nSPS) is 14.5. The first-order valence-corrected chi connectivity index (χ1v) is 10.3. The number of hydrogen-bond acceptors (Lipinski definition) is 8. The summed E-state index contributed by atoms with van der Waals surface area (Å²) in [5.74, 6) is -0.00839. The summed E-state index contributed by atoms with van der Waals surface area (Å²) in [4.78, 5) is 23.7. The van der Waals surface area contributed by atoms with Crippen molar-refractivity contribution in [2.24, 2.45) is 0 Å². The van der Waals surface area contributed by atoms with Gasteiger partial charge < -0.3 is 25.8 Å². The molecule has 4 rings (SSSR count). The van der Waals surface area contributed by atoms with E-state index in [1.165, 1.54) is 5.69 Å². The number of carbonyl (C=O) groups excluding carboxylic acids is 1. The van der Waals surface area contributed by atoms with Crippen molar-refractivity contribution < 1.29 is 4.79 Å². The standard InChI is InChI=1S/C22H28N8O/c1-27(2)19-6-4-5-16(15-19)20(31)30-21(23)25-22(26-30)24-17-7-9-18(10-8-17)29-13-11-28(3)12-14-29/h4-10,15H,11-14H2,1-3H3,(H3,23,24,25,26). The van der Waals surface area contributed by atoms with E-state index in [0.29, 0.717) is 5.56 Å². The van der Waals surface area contributed by atoms with E-state index in [4.69, 9.17) is 5.73 Å². The van der Waals surface area contributed by atoms with Crippen molar-refractivity contribution in [2.75, 3.05) is 68.2 Å². The SMILES string of the molecule is CN1CCN(c2ccc(Nc3nc(N)n(C(=O)c4cccc(N(C)C)c4)n3)cc2)CC1. The average Bonchev–Trinajstić information content (AvgIpc) is 3.14. The van der Waals surface area contributed by atoms with E-state index >= 15 is 0 Å². The van der Waals surface area contributed by atoms with Gasteiger partial charge >= 0.3 is 0 Å². The number of benzene rings is 2. The molecule has 3 N–H and O–H groups in total. The zero-order valence-corrected chi connectivity index (χ0v) is 18.1. The molecule has 1 aliphatic rings. The summed E-state index contributed by atoms with van der Waals surface area (Å²) in [7, 11) is 5.99. The Bertz CT molecular complexity index is 1050. The second kappa shape index (κ2) is 8.65. The number of hydrogen-bond donors (Lipinski definition) is 2. The number of nitrogens with two attached hydrogens (primary N) is 1. The molecule has 0 unspecified atom stereocenters. The fourth-order valence-corrected chi connectivity index (χ4v) is 3.52. The van der Waals surface area contributed by atoms with Crippen molar-refractivity contribution in [3.63, 3.8) is 0 Å². The number of nitrogen functional groups attached to an aromatic ring is 1. The Morgan fingerprint density at radius 1 is 1.06 bits per heavy atom. The molecule has 0 aliphatic carbocycles. The molecule has 0 atom stereocenters. The number of likely N-dealkylation sites (N-methyl/N-ethyl adjacent to an activating group) is 1. The van der Waals surface area contributed by atoms with Gasteiger partial charge in [-0.2, -0.15) is 9.67 Å². The first kappa shape index (κ1) is 20.7. The first-order valence-electron chi connectivity index (χ1n) is 10.3. The Labute approximate surface area is 182 Å². The second-order valence-corrected chi connectivity index (χ2v) is 7.92. The Hall–Kier alpha value is -3.59. The van der Waals surface area contributed by atoms with Gasteiger partial charge in [0.15, 0.2) is 0 Å². The van der Waals surface area contributed by atoms with Crippen LogP contribution in [0.5, 0.6) is 0 Å². The van der Waals surface area contributed by atoms with E-state index in [2.05, 4.69) is 44.4 Å². The van der Waals surface area contributed by atoms with Crippen LogP contribution in [-0.4, -0.2) is 72.9 Å². The zero-order valence-electron chi connectivity index (χ0n) is 18.1. The summed E-state index contributed by atoms with van der Waals surface area (Å²) in [6.07, 6.45) is 0. The van der Waals surface area contributed by atoms with Crippen molar-refractivity contribution in [2.45, 2.75) is 0 Å². The maximum Gasteiger partial charge on any atom is 0.281 e. The Balaban J connectivity index is 1.46. The van der Waals surface area contributed by atoms with E-state index < -0.39 is 0 Å². The number of anilines is 5. The maximum atomic E-state index is 12.9. The molecule has 1 fully saturated rings. The molecule has 9 nitrogen and oxygen atoms in total. The molecule has 1 aromatic heterocycles. The van der Waals surface area contributed by atoms with Crippen LogP contribution < -0.4 is 20.9 Å². The smallest absolute Gasteiger partial charge is 0.281 e. The topological polar surface area (TPSA) is 95.5 Å². The summed E-state index contributed by atoms with van der Waals surface area (Å²) in [6, 6.07) is 15.4. The van der Waals surface area contributed by atoms with Gasteiger partial charge in [0, 0.05) is 62.9 Å². The van der Waals surface area contributed by atoms with Gasteiger partial charge in [0.1, 0.15) is 0 Å². The lowest BCUT2D eigenvalue weighted by atomic mass is 10.2. The Morgan fingerprint density at radius 2 is 1.77 bits per heavy atom. The quantitative estimate of drug-likeness (QED) is 0.648. The minimum atomic E-state index is -0.327. The first-order chi connectivity index (χ1) is 14.9. The molecule has 2 heterocycles. The van der Waals surface area contributed by atoms with Crippen molar-refractivity contribution in [3.8, 4) is 0 Å². The van der Waals surface area contributed by atoms with Crippen LogP contribution in [0.3, 0.4) is 0 Å². The summed E-state index contributed by atoms with van der Waals surface area (Å²) < 4.78 is 1.12. The largest absolute Gasteiger partial charge is 0.378 e. The van der Waals surface area contributed by atoms with Gasteiger partial charge in [0.25, 0.3) is 5.91 Å². The minimum absolute atomic E-state index is 0.0387. The van der Waals surface area contributed by atoms with Gasteiger partial charge in [0.05, 0.1) is 0 Å². The number of rotatable bonds is 5. The Kier molecular flexibility index (Phi) is 5.77. The van der Waals surface area contributed by atoms with Crippen LogP contribution in [0, 0.1) is 0 Å². The van der Waals surface area contributed by atoms with Crippen LogP contribution in [0.1, 0.15) is 10.4 Å². The third-order valence-corrected chi connectivity index (χ3v) is 5.43. The Morgan fingerprint density at radius 3 is 2.45 bits per heavy atom. The molecule has 162 valence electrons. The predicted molar refractivity (Wildman–Crippen MR) is 124 cm³/mol. The molecule has 1 aliphatic heterocycles. The monoisotopic (exact) mass is 420 g/mol. The summed E-state index contributed by atoms with van der Waals surface area (Å²) in [6.45, 7) is 4.16. The molecule has 0 saturated carbocycles. The lowest BCUT2D eigenvalue weighted by Crippen LogP contribution is -2.44. The second-order valence-electron chi connectivity index (χ2n) is 7.92. The highest BCUT2D eigenvalue weighted by atomic mass is 16.2. The van der Waals surface area contributed by atoms with Crippen molar-refractivity contribution in [3.05, 3.63) is 54.1 Å². The molecule has 0 amide bonds. The van der Waals surface area contributed by atoms with Gasteiger partial charge in [0.2, 0.25) is 11.9 Å². The van der Waals surface area contributed by atoms with Crippen LogP contribution in [-0.2, 0) is 0 Å². The van der Waals surface area contributed by atoms with Crippen LogP contribution >= 0.6 is 0 Å². The molecule has 0 spiro atoms. The third kappa shape index (κ3) is 4.61. The fourth-order valence-electron chi connectivity index (χ4n) is 3.52.